The highest BCUT2D eigenvalue weighted by Gasteiger charge is 1.96. The van der Waals surface area contributed by atoms with E-state index in [0.29, 0.717) is 6.54 Å². The van der Waals surface area contributed by atoms with Crippen molar-refractivity contribution in [2.24, 2.45) is 5.11 Å². The molecule has 0 aliphatic rings. The van der Waals surface area contributed by atoms with Crippen LogP contribution in [0.15, 0.2) is 29.4 Å². The van der Waals surface area contributed by atoms with Crippen LogP contribution in [0.4, 0.5) is 0 Å². The Labute approximate surface area is 88.8 Å². The smallest absolute Gasteiger partial charge is 0.122 e. The maximum Gasteiger partial charge on any atom is 0.122 e. The van der Waals surface area contributed by atoms with E-state index in [1.165, 1.54) is 0 Å². The number of benzene rings is 1. The average molecular weight is 203 g/mol. The van der Waals surface area contributed by atoms with Crippen molar-refractivity contribution in [1.82, 2.24) is 0 Å². The minimum atomic E-state index is 0.368. The van der Waals surface area contributed by atoms with Gasteiger partial charge in [-0.1, -0.05) is 29.4 Å². The molecule has 0 spiro atoms. The Balaban J connectivity index is 2.78. The highest BCUT2D eigenvalue weighted by Crippen LogP contribution is 2.19. The molecule has 1 aromatic carbocycles. The number of hydrogen-bond donors (Lipinski definition) is 0. The summed E-state index contributed by atoms with van der Waals surface area (Å²) in [5.74, 6) is 0.862. The van der Waals surface area contributed by atoms with Crippen LogP contribution >= 0.6 is 0 Å². The van der Waals surface area contributed by atoms with Crippen molar-refractivity contribution in [3.63, 3.8) is 0 Å². The van der Waals surface area contributed by atoms with Crippen LogP contribution in [-0.2, 0) is 0 Å². The first-order chi connectivity index (χ1) is 7.27. The predicted molar refractivity (Wildman–Crippen MR) is 60.8 cm³/mol. The zero-order chi connectivity index (χ0) is 11.1. The van der Waals surface area contributed by atoms with Crippen molar-refractivity contribution < 1.29 is 4.74 Å². The Morgan fingerprint density at radius 2 is 2.33 bits per heavy atom. The third-order valence-corrected chi connectivity index (χ3v) is 1.99. The molecule has 4 heteroatoms. The van der Waals surface area contributed by atoms with Crippen LogP contribution in [0.1, 0.15) is 11.1 Å². The van der Waals surface area contributed by atoms with Crippen molar-refractivity contribution in [2.45, 2.75) is 6.92 Å². The number of nitrogens with zero attached hydrogens (tertiary/aromatic N) is 3. The maximum atomic E-state index is 8.09. The third kappa shape index (κ3) is 3.37. The average Bonchev–Trinajstić information content (AvgIpc) is 2.26. The van der Waals surface area contributed by atoms with Gasteiger partial charge in [-0.2, -0.15) is 0 Å². The first-order valence-corrected chi connectivity index (χ1v) is 4.60. The largest absolute Gasteiger partial charge is 0.496 e. The molecule has 0 aromatic heterocycles. The Hall–Kier alpha value is -1.93. The molecule has 0 fully saturated rings. The van der Waals surface area contributed by atoms with E-state index in [-0.39, 0.29) is 0 Å². The van der Waals surface area contributed by atoms with Gasteiger partial charge in [0.25, 0.3) is 0 Å². The van der Waals surface area contributed by atoms with Crippen LogP contribution in [0.25, 0.3) is 16.5 Å². The zero-order valence-electron chi connectivity index (χ0n) is 8.84. The summed E-state index contributed by atoms with van der Waals surface area (Å²) in [5, 5.41) is 3.41. The lowest BCUT2D eigenvalue weighted by molar-refractivity contribution is 0.411. The summed E-state index contributed by atoms with van der Waals surface area (Å²) in [7, 11) is 1.65. The van der Waals surface area contributed by atoms with Gasteiger partial charge in [-0.3, -0.25) is 0 Å². The number of methoxy groups -OCH3 is 1. The molecule has 0 aliphatic carbocycles. The van der Waals surface area contributed by atoms with Crippen LogP contribution in [0.5, 0.6) is 5.75 Å². The molecular weight excluding hydrogens is 190 g/mol. The van der Waals surface area contributed by atoms with Crippen molar-refractivity contribution in [1.29, 1.82) is 0 Å². The van der Waals surface area contributed by atoms with Crippen molar-refractivity contribution in [3.05, 3.63) is 45.8 Å². The number of azide groups is 1. The van der Waals surface area contributed by atoms with E-state index >= 15 is 0 Å². The first kappa shape index (κ1) is 11.1. The molecule has 0 N–H and O–H groups in total. The molecule has 0 unspecified atom stereocenters. The number of aryl methyl sites for hydroxylation is 1. The summed E-state index contributed by atoms with van der Waals surface area (Å²) in [6.45, 7) is 2.36. The SMILES string of the molecule is COc1cc(C=CCN=[N+]=[N-])ccc1C. The minimum absolute atomic E-state index is 0.368. The van der Waals surface area contributed by atoms with Gasteiger partial charge < -0.3 is 4.74 Å². The van der Waals surface area contributed by atoms with Gasteiger partial charge in [0, 0.05) is 11.5 Å². The van der Waals surface area contributed by atoms with E-state index in [2.05, 4.69) is 10.0 Å². The Bertz CT molecular complexity index is 406. The van der Waals surface area contributed by atoms with Gasteiger partial charge in [0.15, 0.2) is 0 Å². The van der Waals surface area contributed by atoms with Crippen LogP contribution in [0.2, 0.25) is 0 Å². The summed E-state index contributed by atoms with van der Waals surface area (Å²) in [5.41, 5.74) is 10.2. The molecular formula is C11H13N3O. The van der Waals surface area contributed by atoms with E-state index in [0.717, 1.165) is 16.9 Å². The van der Waals surface area contributed by atoms with E-state index in [9.17, 15) is 0 Å². The zero-order valence-corrected chi connectivity index (χ0v) is 8.84. The molecule has 0 bridgehead atoms. The van der Waals surface area contributed by atoms with Crippen LogP contribution in [0, 0.1) is 6.92 Å². The second kappa shape index (κ2) is 5.73. The van der Waals surface area contributed by atoms with E-state index < -0.39 is 0 Å². The number of hydrogen-bond acceptors (Lipinski definition) is 2. The lowest BCUT2D eigenvalue weighted by atomic mass is 10.1. The quantitative estimate of drug-likeness (QED) is 0.420. The summed E-state index contributed by atoms with van der Waals surface area (Å²) >= 11 is 0. The fraction of sp³-hybridized carbons (Fsp3) is 0.273. The summed E-state index contributed by atoms with van der Waals surface area (Å²) < 4.78 is 5.20. The third-order valence-electron chi connectivity index (χ3n) is 1.99. The second-order valence-electron chi connectivity index (χ2n) is 3.04. The molecule has 4 nitrogen and oxygen atoms in total. The molecule has 0 saturated heterocycles. The van der Waals surface area contributed by atoms with Gasteiger partial charge in [0.05, 0.1) is 7.11 Å². The number of rotatable bonds is 4. The van der Waals surface area contributed by atoms with Gasteiger partial charge >= 0.3 is 0 Å². The standard InChI is InChI=1S/C11H13N3O/c1-9-5-6-10(8-11(9)15-2)4-3-7-13-14-12/h3-6,8H,7H2,1-2H3. The predicted octanol–water partition coefficient (Wildman–Crippen LogP) is 3.33. The van der Waals surface area contributed by atoms with Crippen molar-refractivity contribution in [3.8, 4) is 5.75 Å². The highest BCUT2D eigenvalue weighted by molar-refractivity contribution is 5.53. The summed E-state index contributed by atoms with van der Waals surface area (Å²) in [6, 6.07) is 5.93. The second-order valence-corrected chi connectivity index (χ2v) is 3.04. The molecule has 0 saturated carbocycles. The van der Waals surface area contributed by atoms with Crippen LogP contribution in [-0.4, -0.2) is 13.7 Å². The molecule has 1 rings (SSSR count). The van der Waals surface area contributed by atoms with E-state index in [4.69, 9.17) is 10.3 Å². The monoisotopic (exact) mass is 203 g/mol. The first-order valence-electron chi connectivity index (χ1n) is 4.60. The number of ether oxygens (including phenoxy) is 1. The van der Waals surface area contributed by atoms with Crippen molar-refractivity contribution >= 4 is 6.08 Å². The molecule has 15 heavy (non-hydrogen) atoms. The van der Waals surface area contributed by atoms with E-state index in [1.807, 2.05) is 37.3 Å². The van der Waals surface area contributed by atoms with Gasteiger partial charge in [-0.05, 0) is 29.6 Å². The molecule has 0 amide bonds. The van der Waals surface area contributed by atoms with Gasteiger partial charge in [-0.25, -0.2) is 0 Å². The fourth-order valence-corrected chi connectivity index (χ4v) is 1.21. The Morgan fingerprint density at radius 3 is 3.00 bits per heavy atom. The van der Waals surface area contributed by atoms with Gasteiger partial charge in [-0.15, -0.1) is 0 Å². The Kier molecular flexibility index (Phi) is 4.26. The van der Waals surface area contributed by atoms with Gasteiger partial charge in [0.2, 0.25) is 0 Å². The lowest BCUT2D eigenvalue weighted by Gasteiger charge is -2.04. The fourth-order valence-electron chi connectivity index (χ4n) is 1.21. The lowest BCUT2D eigenvalue weighted by Crippen LogP contribution is -1.87. The molecule has 0 aliphatic heterocycles. The normalized spacial score (nSPS) is 10.0. The van der Waals surface area contributed by atoms with E-state index in [1.54, 1.807) is 7.11 Å². The molecule has 0 radical (unpaired) electrons. The topological polar surface area (TPSA) is 58.0 Å². The van der Waals surface area contributed by atoms with Crippen molar-refractivity contribution in [2.75, 3.05) is 13.7 Å². The molecule has 1 aromatic rings. The maximum absolute atomic E-state index is 8.09. The van der Waals surface area contributed by atoms with Crippen LogP contribution < -0.4 is 4.74 Å². The molecule has 0 heterocycles. The highest BCUT2D eigenvalue weighted by atomic mass is 16.5. The summed E-state index contributed by atoms with van der Waals surface area (Å²) in [6.07, 6.45) is 3.71. The minimum Gasteiger partial charge on any atom is -0.496 e. The Morgan fingerprint density at radius 1 is 1.53 bits per heavy atom. The van der Waals surface area contributed by atoms with Crippen LogP contribution in [0.3, 0.4) is 0 Å². The molecule has 0 atom stereocenters. The summed E-state index contributed by atoms with van der Waals surface area (Å²) in [4.78, 5) is 2.66. The molecule has 78 valence electrons. The van der Waals surface area contributed by atoms with Gasteiger partial charge in [0.1, 0.15) is 5.75 Å².